The molecule has 0 bridgehead atoms. The van der Waals surface area contributed by atoms with Crippen molar-refractivity contribution >= 4 is 21.8 Å². The highest BCUT2D eigenvalue weighted by Gasteiger charge is 2.22. The Balaban J connectivity index is 1.29. The first-order valence-corrected chi connectivity index (χ1v) is 13.5. The van der Waals surface area contributed by atoms with Gasteiger partial charge in [0, 0.05) is 51.8 Å². The molecule has 2 heterocycles. The van der Waals surface area contributed by atoms with Gasteiger partial charge in [-0.2, -0.15) is 0 Å². The summed E-state index contributed by atoms with van der Waals surface area (Å²) >= 11 is 0. The summed E-state index contributed by atoms with van der Waals surface area (Å²) < 4.78 is 38.5. The van der Waals surface area contributed by atoms with Crippen molar-refractivity contribution in [2.75, 3.05) is 59.0 Å². The summed E-state index contributed by atoms with van der Waals surface area (Å²) in [5.74, 6) is 1.14. The van der Waals surface area contributed by atoms with Crippen molar-refractivity contribution in [3.05, 3.63) is 18.2 Å². The first-order chi connectivity index (χ1) is 16.4. The average Bonchev–Trinajstić information content (AvgIpc) is 2.84. The molecule has 10 nitrogen and oxygen atoms in total. The van der Waals surface area contributed by atoms with Crippen LogP contribution in [-0.2, 0) is 19.6 Å². The number of carbonyl (C=O) groups is 2. The predicted molar refractivity (Wildman–Crippen MR) is 127 cm³/mol. The third-order valence-electron chi connectivity index (χ3n) is 5.85. The van der Waals surface area contributed by atoms with E-state index in [0.717, 1.165) is 12.8 Å². The van der Waals surface area contributed by atoms with Crippen molar-refractivity contribution in [2.24, 2.45) is 0 Å². The minimum atomic E-state index is -3.63. The Labute approximate surface area is 202 Å². The number of benzene rings is 1. The summed E-state index contributed by atoms with van der Waals surface area (Å²) in [5.41, 5.74) is 0. The smallest absolute Gasteiger partial charge is 0.240 e. The molecule has 0 aromatic heterocycles. The number of hydrogen-bond donors (Lipinski definition) is 2. The molecule has 0 saturated carbocycles. The minimum absolute atomic E-state index is 0.0335. The first-order valence-electron chi connectivity index (χ1n) is 12.0. The number of ether oxygens (including phenoxy) is 2. The van der Waals surface area contributed by atoms with Crippen molar-refractivity contribution in [3.63, 3.8) is 0 Å². The zero-order valence-corrected chi connectivity index (χ0v) is 20.7. The summed E-state index contributed by atoms with van der Waals surface area (Å²) in [7, 11) is -3.63. The van der Waals surface area contributed by atoms with E-state index < -0.39 is 10.0 Å². The molecule has 2 aliphatic heterocycles. The van der Waals surface area contributed by atoms with E-state index in [4.69, 9.17) is 9.47 Å². The van der Waals surface area contributed by atoms with Crippen LogP contribution in [0.3, 0.4) is 0 Å². The van der Waals surface area contributed by atoms with Crippen LogP contribution in [0.5, 0.6) is 11.5 Å². The van der Waals surface area contributed by atoms with Crippen LogP contribution in [-0.4, -0.2) is 89.1 Å². The quantitative estimate of drug-likeness (QED) is 0.414. The van der Waals surface area contributed by atoms with Gasteiger partial charge < -0.3 is 19.7 Å². The fourth-order valence-electron chi connectivity index (χ4n) is 3.90. The predicted octanol–water partition coefficient (Wildman–Crippen LogP) is 0.967. The molecule has 3 rings (SSSR count). The Morgan fingerprint density at radius 3 is 2.44 bits per heavy atom. The number of hydrogen-bond acceptors (Lipinski definition) is 7. The van der Waals surface area contributed by atoms with E-state index in [1.807, 2.05) is 11.8 Å². The molecule has 2 aliphatic rings. The summed E-state index contributed by atoms with van der Waals surface area (Å²) in [6.07, 6.45) is 3.49. The van der Waals surface area contributed by atoms with E-state index in [1.54, 1.807) is 6.07 Å². The number of nitrogens with one attached hydrogen (secondary N) is 2. The third-order valence-corrected chi connectivity index (χ3v) is 7.31. The second-order valence-corrected chi connectivity index (χ2v) is 10.3. The zero-order chi connectivity index (χ0) is 24.4. The lowest BCUT2D eigenvalue weighted by atomic mass is 10.1. The summed E-state index contributed by atoms with van der Waals surface area (Å²) in [6.45, 7) is 6.92. The molecule has 0 aliphatic carbocycles. The molecule has 34 heavy (non-hydrogen) atoms. The van der Waals surface area contributed by atoms with Gasteiger partial charge in [-0.05, 0) is 31.4 Å². The van der Waals surface area contributed by atoms with Gasteiger partial charge in [-0.3, -0.25) is 14.5 Å². The highest BCUT2D eigenvalue weighted by atomic mass is 32.2. The van der Waals surface area contributed by atoms with Gasteiger partial charge in [-0.1, -0.05) is 13.3 Å². The van der Waals surface area contributed by atoms with Crippen LogP contribution < -0.4 is 19.5 Å². The maximum Gasteiger partial charge on any atom is 0.240 e. The van der Waals surface area contributed by atoms with E-state index >= 15 is 0 Å². The Kier molecular flexibility index (Phi) is 9.97. The lowest BCUT2D eigenvalue weighted by molar-refractivity contribution is -0.133. The van der Waals surface area contributed by atoms with Gasteiger partial charge in [0.25, 0.3) is 0 Å². The summed E-state index contributed by atoms with van der Waals surface area (Å²) in [4.78, 5) is 28.4. The van der Waals surface area contributed by atoms with Crippen LogP contribution in [0.15, 0.2) is 23.1 Å². The van der Waals surface area contributed by atoms with Crippen molar-refractivity contribution < 1.29 is 27.5 Å². The van der Waals surface area contributed by atoms with E-state index in [-0.39, 0.29) is 16.7 Å². The molecule has 0 spiro atoms. The number of fused-ring (bicyclic) bond motifs is 1. The normalized spacial score (nSPS) is 16.3. The number of rotatable bonds is 12. The molecule has 0 unspecified atom stereocenters. The molecule has 190 valence electrons. The van der Waals surface area contributed by atoms with Gasteiger partial charge >= 0.3 is 0 Å². The highest BCUT2D eigenvalue weighted by molar-refractivity contribution is 7.89. The van der Waals surface area contributed by atoms with Crippen molar-refractivity contribution in [2.45, 2.75) is 43.9 Å². The second kappa shape index (κ2) is 12.9. The Morgan fingerprint density at radius 1 is 0.971 bits per heavy atom. The fourth-order valence-corrected chi connectivity index (χ4v) is 4.98. The molecule has 1 saturated heterocycles. The van der Waals surface area contributed by atoms with Crippen molar-refractivity contribution in [1.82, 2.24) is 19.8 Å². The fraction of sp³-hybridized carbons (Fsp3) is 0.652. The SMILES string of the molecule is CCCNC(=O)CN1CCN(C(=O)CCCCCNS(=O)(=O)c2ccc3c(c2)OCCO3)CC1. The van der Waals surface area contributed by atoms with Crippen molar-refractivity contribution in [3.8, 4) is 11.5 Å². The van der Waals surface area contributed by atoms with Crippen LogP contribution in [0.1, 0.15) is 39.0 Å². The van der Waals surface area contributed by atoms with Crippen LogP contribution in [0.25, 0.3) is 0 Å². The van der Waals surface area contributed by atoms with Gasteiger partial charge in [0.2, 0.25) is 21.8 Å². The Hall–Kier alpha value is -2.37. The first kappa shape index (κ1) is 26.2. The Bertz CT molecular complexity index is 931. The monoisotopic (exact) mass is 496 g/mol. The van der Waals surface area contributed by atoms with Gasteiger partial charge in [0.15, 0.2) is 11.5 Å². The minimum Gasteiger partial charge on any atom is -0.486 e. The number of amides is 2. The zero-order valence-electron chi connectivity index (χ0n) is 19.9. The van der Waals surface area contributed by atoms with Gasteiger partial charge in [0.05, 0.1) is 11.4 Å². The van der Waals surface area contributed by atoms with Gasteiger partial charge in [-0.25, -0.2) is 13.1 Å². The van der Waals surface area contributed by atoms with E-state index in [9.17, 15) is 18.0 Å². The van der Waals surface area contributed by atoms with E-state index in [0.29, 0.717) is 89.8 Å². The number of unbranched alkanes of at least 4 members (excludes halogenated alkanes) is 2. The maximum atomic E-state index is 12.5. The molecule has 1 aromatic rings. The highest BCUT2D eigenvalue weighted by Crippen LogP contribution is 2.32. The number of sulfonamides is 1. The number of carbonyl (C=O) groups excluding carboxylic acids is 2. The standard InChI is InChI=1S/C23H36N4O6S/c1-2-9-24-22(28)18-26-11-13-27(14-12-26)23(29)6-4-3-5-10-25-34(30,31)19-7-8-20-21(17-19)33-16-15-32-20/h7-8,17,25H,2-6,9-16,18H2,1H3,(H,24,28). The lowest BCUT2D eigenvalue weighted by Gasteiger charge is -2.34. The molecule has 2 amide bonds. The van der Waals surface area contributed by atoms with Crippen LogP contribution in [0.4, 0.5) is 0 Å². The van der Waals surface area contributed by atoms with Crippen LogP contribution >= 0.6 is 0 Å². The molecular formula is C23H36N4O6S. The largest absolute Gasteiger partial charge is 0.486 e. The second-order valence-electron chi connectivity index (χ2n) is 8.52. The third kappa shape index (κ3) is 7.85. The number of nitrogens with zero attached hydrogens (tertiary/aromatic N) is 2. The van der Waals surface area contributed by atoms with Crippen LogP contribution in [0.2, 0.25) is 0 Å². The van der Waals surface area contributed by atoms with E-state index in [1.165, 1.54) is 12.1 Å². The lowest BCUT2D eigenvalue weighted by Crippen LogP contribution is -2.51. The maximum absolute atomic E-state index is 12.5. The van der Waals surface area contributed by atoms with Gasteiger partial charge in [-0.15, -0.1) is 0 Å². The summed E-state index contributed by atoms with van der Waals surface area (Å²) in [6, 6.07) is 4.59. The molecular weight excluding hydrogens is 460 g/mol. The molecule has 1 fully saturated rings. The van der Waals surface area contributed by atoms with Crippen LogP contribution in [0, 0.1) is 0 Å². The number of piperazine rings is 1. The molecule has 2 N–H and O–H groups in total. The summed E-state index contributed by atoms with van der Waals surface area (Å²) in [5, 5.41) is 2.87. The molecule has 0 atom stereocenters. The molecule has 1 aromatic carbocycles. The molecule has 0 radical (unpaired) electrons. The topological polar surface area (TPSA) is 117 Å². The van der Waals surface area contributed by atoms with Gasteiger partial charge in [0.1, 0.15) is 13.2 Å². The Morgan fingerprint density at radius 2 is 1.71 bits per heavy atom. The average molecular weight is 497 g/mol. The molecule has 11 heteroatoms. The van der Waals surface area contributed by atoms with Crippen molar-refractivity contribution in [1.29, 1.82) is 0 Å². The van der Waals surface area contributed by atoms with E-state index in [2.05, 4.69) is 14.9 Å².